The maximum atomic E-state index is 10.3. The molecule has 3 nitrogen and oxygen atoms in total. The molecule has 0 spiro atoms. The van der Waals surface area contributed by atoms with E-state index in [-0.39, 0.29) is 12.4 Å². The first-order chi connectivity index (χ1) is 7.60. The number of hydrogen-bond donors (Lipinski definition) is 3. The van der Waals surface area contributed by atoms with Gasteiger partial charge >= 0.3 is 0 Å². The van der Waals surface area contributed by atoms with E-state index in [4.69, 9.17) is 0 Å². The molecular weight excluding hydrogens is 204 g/mol. The number of hydrogen-bond acceptors (Lipinski definition) is 3. The third-order valence-electron chi connectivity index (χ3n) is 3.82. The van der Waals surface area contributed by atoms with Crippen molar-refractivity contribution in [2.75, 3.05) is 6.61 Å². The van der Waals surface area contributed by atoms with Gasteiger partial charge in [0.15, 0.2) is 0 Å². The van der Waals surface area contributed by atoms with Gasteiger partial charge in [-0.1, -0.05) is 18.6 Å². The number of benzene rings is 1. The summed E-state index contributed by atoms with van der Waals surface area (Å²) in [5.74, 6) is 0.118. The van der Waals surface area contributed by atoms with Crippen molar-refractivity contribution in [1.29, 1.82) is 0 Å². The van der Waals surface area contributed by atoms with Crippen LogP contribution in [0.4, 0.5) is 0 Å². The lowest BCUT2D eigenvalue weighted by Gasteiger charge is -2.44. The topological polar surface area (TPSA) is 60.7 Å². The van der Waals surface area contributed by atoms with Crippen LogP contribution in [0, 0.1) is 12.3 Å². The van der Waals surface area contributed by atoms with E-state index in [1.165, 1.54) is 0 Å². The summed E-state index contributed by atoms with van der Waals surface area (Å²) in [5.41, 5.74) is 0.993. The number of aliphatic hydroxyl groups excluding tert-OH is 2. The fourth-order valence-electron chi connectivity index (χ4n) is 2.48. The van der Waals surface area contributed by atoms with Crippen LogP contribution >= 0.6 is 0 Å². The van der Waals surface area contributed by atoms with Crippen LogP contribution in [0.15, 0.2) is 18.2 Å². The number of aliphatic hydroxyl groups is 2. The average Bonchev–Trinajstić information content (AvgIpc) is 2.16. The number of rotatable bonds is 3. The third kappa shape index (κ3) is 1.60. The van der Waals surface area contributed by atoms with Gasteiger partial charge in [-0.25, -0.2) is 0 Å². The molecule has 2 rings (SSSR count). The van der Waals surface area contributed by atoms with Gasteiger partial charge in [-0.15, -0.1) is 0 Å². The molecule has 1 saturated carbocycles. The molecule has 16 heavy (non-hydrogen) atoms. The molecule has 0 aliphatic heterocycles. The standard InChI is InChI=1S/C13H18O3/c1-9-4-2-5-10(15)11(9)12(16)13(8-14)6-3-7-13/h2,4-5,12,14-16H,3,6-8H2,1H3. The monoisotopic (exact) mass is 222 g/mol. The van der Waals surface area contributed by atoms with Crippen LogP contribution in [0.2, 0.25) is 0 Å². The summed E-state index contributed by atoms with van der Waals surface area (Å²) >= 11 is 0. The Morgan fingerprint density at radius 3 is 2.50 bits per heavy atom. The lowest BCUT2D eigenvalue weighted by atomic mass is 9.63. The van der Waals surface area contributed by atoms with Gasteiger partial charge < -0.3 is 15.3 Å². The molecule has 0 radical (unpaired) electrons. The van der Waals surface area contributed by atoms with E-state index >= 15 is 0 Å². The number of phenols is 1. The highest BCUT2D eigenvalue weighted by Gasteiger charge is 2.44. The SMILES string of the molecule is Cc1cccc(O)c1C(O)C1(CO)CCC1. The molecule has 1 aromatic rings. The Morgan fingerprint density at radius 1 is 1.38 bits per heavy atom. The van der Waals surface area contributed by atoms with E-state index in [0.717, 1.165) is 24.8 Å². The minimum atomic E-state index is -0.771. The first-order valence-electron chi connectivity index (χ1n) is 5.68. The van der Waals surface area contributed by atoms with E-state index in [9.17, 15) is 15.3 Å². The molecule has 1 aliphatic rings. The summed E-state index contributed by atoms with van der Waals surface area (Å²) in [5, 5.41) is 29.5. The van der Waals surface area contributed by atoms with Gasteiger partial charge in [-0.05, 0) is 31.4 Å². The largest absolute Gasteiger partial charge is 0.508 e. The molecule has 0 aromatic heterocycles. The van der Waals surface area contributed by atoms with Gasteiger partial charge in [-0.2, -0.15) is 0 Å². The molecule has 1 fully saturated rings. The maximum absolute atomic E-state index is 10.3. The van der Waals surface area contributed by atoms with Gasteiger partial charge in [0.2, 0.25) is 0 Å². The smallest absolute Gasteiger partial charge is 0.121 e. The van der Waals surface area contributed by atoms with E-state index < -0.39 is 11.5 Å². The molecular formula is C13H18O3. The highest BCUT2D eigenvalue weighted by Crippen LogP contribution is 2.51. The van der Waals surface area contributed by atoms with Gasteiger partial charge in [0.25, 0.3) is 0 Å². The predicted octanol–water partition coefficient (Wildman–Crippen LogP) is 1.90. The van der Waals surface area contributed by atoms with Crippen LogP contribution in [-0.2, 0) is 0 Å². The van der Waals surface area contributed by atoms with Crippen molar-refractivity contribution in [2.45, 2.75) is 32.3 Å². The Bertz CT molecular complexity index is 357. The zero-order chi connectivity index (χ0) is 11.8. The summed E-state index contributed by atoms with van der Waals surface area (Å²) < 4.78 is 0. The Kier molecular flexibility index (Phi) is 2.91. The van der Waals surface area contributed by atoms with Crippen LogP contribution in [0.3, 0.4) is 0 Å². The molecule has 0 heterocycles. The second-order valence-electron chi connectivity index (χ2n) is 4.78. The molecule has 0 bridgehead atoms. The quantitative estimate of drug-likeness (QED) is 0.732. The zero-order valence-corrected chi connectivity index (χ0v) is 9.48. The third-order valence-corrected chi connectivity index (χ3v) is 3.82. The van der Waals surface area contributed by atoms with Crippen LogP contribution in [0.25, 0.3) is 0 Å². The van der Waals surface area contributed by atoms with Crippen molar-refractivity contribution in [1.82, 2.24) is 0 Å². The molecule has 1 aromatic carbocycles. The predicted molar refractivity (Wildman–Crippen MR) is 61.2 cm³/mol. The second-order valence-corrected chi connectivity index (χ2v) is 4.78. The maximum Gasteiger partial charge on any atom is 0.121 e. The summed E-state index contributed by atoms with van der Waals surface area (Å²) in [4.78, 5) is 0. The van der Waals surface area contributed by atoms with Crippen molar-refractivity contribution < 1.29 is 15.3 Å². The Balaban J connectivity index is 2.36. The van der Waals surface area contributed by atoms with Crippen molar-refractivity contribution in [3.63, 3.8) is 0 Å². The molecule has 1 unspecified atom stereocenters. The molecule has 0 saturated heterocycles. The molecule has 0 amide bonds. The summed E-state index contributed by atoms with van der Waals surface area (Å²) in [7, 11) is 0. The van der Waals surface area contributed by atoms with E-state index in [1.54, 1.807) is 12.1 Å². The Labute approximate surface area is 95.4 Å². The van der Waals surface area contributed by atoms with Gasteiger partial charge in [0.1, 0.15) is 5.75 Å². The summed E-state index contributed by atoms with van der Waals surface area (Å²) in [6, 6.07) is 5.20. The zero-order valence-electron chi connectivity index (χ0n) is 9.48. The average molecular weight is 222 g/mol. The van der Waals surface area contributed by atoms with E-state index in [1.807, 2.05) is 13.0 Å². The lowest BCUT2D eigenvalue weighted by molar-refractivity contribution is -0.0745. The van der Waals surface area contributed by atoms with Gasteiger partial charge in [-0.3, -0.25) is 0 Å². The van der Waals surface area contributed by atoms with Crippen molar-refractivity contribution in [3.8, 4) is 5.75 Å². The van der Waals surface area contributed by atoms with Crippen LogP contribution < -0.4 is 0 Å². The van der Waals surface area contributed by atoms with Crippen LogP contribution in [-0.4, -0.2) is 21.9 Å². The minimum Gasteiger partial charge on any atom is -0.508 e. The van der Waals surface area contributed by atoms with Gasteiger partial charge in [0, 0.05) is 11.0 Å². The Morgan fingerprint density at radius 2 is 2.06 bits per heavy atom. The first-order valence-corrected chi connectivity index (χ1v) is 5.68. The van der Waals surface area contributed by atoms with Gasteiger partial charge in [0.05, 0.1) is 12.7 Å². The number of phenolic OH excluding ortho intramolecular Hbond substituents is 1. The normalized spacial score (nSPS) is 20.2. The van der Waals surface area contributed by atoms with Crippen LogP contribution in [0.5, 0.6) is 5.75 Å². The number of aryl methyl sites for hydroxylation is 1. The molecule has 3 N–H and O–H groups in total. The fourth-order valence-corrected chi connectivity index (χ4v) is 2.48. The van der Waals surface area contributed by atoms with E-state index in [0.29, 0.717) is 5.56 Å². The van der Waals surface area contributed by atoms with Crippen molar-refractivity contribution in [2.24, 2.45) is 5.41 Å². The lowest BCUT2D eigenvalue weighted by Crippen LogP contribution is -2.39. The second kappa shape index (κ2) is 4.07. The summed E-state index contributed by atoms with van der Waals surface area (Å²) in [6.07, 6.45) is 1.90. The fraction of sp³-hybridized carbons (Fsp3) is 0.538. The summed E-state index contributed by atoms with van der Waals surface area (Å²) in [6.45, 7) is 1.84. The van der Waals surface area contributed by atoms with Crippen molar-refractivity contribution in [3.05, 3.63) is 29.3 Å². The van der Waals surface area contributed by atoms with E-state index in [2.05, 4.69) is 0 Å². The van der Waals surface area contributed by atoms with Crippen LogP contribution in [0.1, 0.15) is 36.5 Å². The highest BCUT2D eigenvalue weighted by atomic mass is 16.3. The molecule has 1 aliphatic carbocycles. The minimum absolute atomic E-state index is 0.0259. The first kappa shape index (κ1) is 11.4. The molecule has 3 heteroatoms. The van der Waals surface area contributed by atoms with Crippen molar-refractivity contribution >= 4 is 0 Å². The molecule has 88 valence electrons. The molecule has 1 atom stereocenters. The highest BCUT2D eigenvalue weighted by molar-refractivity contribution is 5.41. The number of aromatic hydroxyl groups is 1. The Hall–Kier alpha value is -1.06.